The molecule has 0 aromatic rings. The van der Waals surface area contributed by atoms with Crippen molar-refractivity contribution in [2.45, 2.75) is 251 Å². The van der Waals surface area contributed by atoms with E-state index in [0.717, 1.165) is 25.7 Å². The van der Waals surface area contributed by atoms with Crippen LogP contribution in [0.3, 0.4) is 0 Å². The van der Waals surface area contributed by atoms with E-state index in [1.165, 1.54) is 173 Å². The molecule has 5 nitrogen and oxygen atoms in total. The molecule has 0 aliphatic carbocycles. The summed E-state index contributed by atoms with van der Waals surface area (Å²) in [5.41, 5.74) is 0. The Balaban J connectivity index is 4.10. The standard InChI is InChI=1S/C41H83O5P/c1-4-7-9-11-13-15-17-19-21-23-25-27-29-31-33-35-37-39-41(47(43,44)45,40(42)46-6-3)38-36-34-32-30-28-26-24-22-20-18-16-14-12-10-8-5-2/h4-39H2,1-3H3,(H2,43,44,45). The van der Waals surface area contributed by atoms with Gasteiger partial charge in [0.1, 0.15) is 0 Å². The van der Waals surface area contributed by atoms with Gasteiger partial charge < -0.3 is 14.5 Å². The molecule has 2 N–H and O–H groups in total. The lowest BCUT2D eigenvalue weighted by molar-refractivity contribution is -0.147. The molecule has 0 rings (SSSR count). The van der Waals surface area contributed by atoms with Crippen LogP contribution in [-0.4, -0.2) is 27.5 Å². The van der Waals surface area contributed by atoms with Crippen molar-refractivity contribution in [2.75, 3.05) is 6.61 Å². The van der Waals surface area contributed by atoms with Gasteiger partial charge in [0.2, 0.25) is 0 Å². The first-order valence-electron chi connectivity index (χ1n) is 21.1. The summed E-state index contributed by atoms with van der Waals surface area (Å²) >= 11 is 0. The number of ether oxygens (including phenoxy) is 1. The number of carbonyl (C=O) groups is 1. The Hall–Kier alpha value is -0.380. The normalized spacial score (nSPS) is 13.2. The van der Waals surface area contributed by atoms with Crippen molar-refractivity contribution in [2.24, 2.45) is 0 Å². The molecule has 282 valence electrons. The van der Waals surface area contributed by atoms with Crippen molar-refractivity contribution in [1.29, 1.82) is 0 Å². The predicted molar refractivity (Wildman–Crippen MR) is 204 cm³/mol. The zero-order chi connectivity index (χ0) is 34.7. The number of hydrogen-bond acceptors (Lipinski definition) is 3. The van der Waals surface area contributed by atoms with Crippen molar-refractivity contribution in [3.8, 4) is 0 Å². The van der Waals surface area contributed by atoms with Gasteiger partial charge in [0, 0.05) is 0 Å². The van der Waals surface area contributed by atoms with Gasteiger partial charge in [-0.3, -0.25) is 9.36 Å². The average molecular weight is 687 g/mol. The monoisotopic (exact) mass is 687 g/mol. The third-order valence-corrected chi connectivity index (χ3v) is 12.1. The van der Waals surface area contributed by atoms with Crippen LogP contribution in [0.15, 0.2) is 0 Å². The maximum atomic E-state index is 13.0. The van der Waals surface area contributed by atoms with E-state index in [4.69, 9.17) is 4.74 Å². The summed E-state index contributed by atoms with van der Waals surface area (Å²) in [6.45, 7) is 6.41. The molecule has 0 bridgehead atoms. The van der Waals surface area contributed by atoms with Crippen LogP contribution in [0, 0.1) is 0 Å². The Morgan fingerprint density at radius 1 is 0.426 bits per heavy atom. The number of hydrogen-bond donors (Lipinski definition) is 2. The maximum absolute atomic E-state index is 13.0. The van der Waals surface area contributed by atoms with Gasteiger partial charge in [0.15, 0.2) is 5.16 Å². The van der Waals surface area contributed by atoms with Crippen LogP contribution in [0.2, 0.25) is 0 Å². The van der Waals surface area contributed by atoms with Gasteiger partial charge in [-0.2, -0.15) is 0 Å². The average Bonchev–Trinajstić information content (AvgIpc) is 3.04. The molecule has 0 aliphatic heterocycles. The predicted octanol–water partition coefficient (Wildman–Crippen LogP) is 14.2. The minimum absolute atomic E-state index is 0.151. The third-order valence-electron chi connectivity index (χ3n) is 10.4. The summed E-state index contributed by atoms with van der Waals surface area (Å²) in [7, 11) is -4.65. The molecule has 0 saturated carbocycles. The van der Waals surface area contributed by atoms with Crippen LogP contribution in [0.4, 0.5) is 0 Å². The first-order chi connectivity index (χ1) is 22.9. The zero-order valence-electron chi connectivity index (χ0n) is 32.0. The van der Waals surface area contributed by atoms with Crippen LogP contribution >= 0.6 is 7.60 Å². The van der Waals surface area contributed by atoms with Crippen molar-refractivity contribution in [1.82, 2.24) is 0 Å². The molecular weight excluding hydrogens is 603 g/mol. The molecule has 0 aromatic carbocycles. The summed E-state index contributed by atoms with van der Waals surface area (Å²) in [6.07, 6.45) is 42.0. The second kappa shape index (κ2) is 34.1. The molecule has 0 saturated heterocycles. The Kier molecular flexibility index (Phi) is 33.8. The minimum Gasteiger partial charge on any atom is -0.465 e. The van der Waals surface area contributed by atoms with Crippen LogP contribution < -0.4 is 0 Å². The van der Waals surface area contributed by atoms with Crippen LogP contribution in [0.1, 0.15) is 245 Å². The van der Waals surface area contributed by atoms with Gasteiger partial charge in [0.05, 0.1) is 6.61 Å². The molecule has 0 heterocycles. The fourth-order valence-electron chi connectivity index (χ4n) is 7.11. The highest BCUT2D eigenvalue weighted by Gasteiger charge is 2.53. The molecule has 0 radical (unpaired) electrons. The number of rotatable bonds is 38. The summed E-state index contributed by atoms with van der Waals surface area (Å²) < 4.78 is 18.0. The molecule has 6 heteroatoms. The van der Waals surface area contributed by atoms with Gasteiger partial charge in [0.25, 0.3) is 0 Å². The zero-order valence-corrected chi connectivity index (χ0v) is 32.9. The second-order valence-electron chi connectivity index (χ2n) is 14.8. The molecule has 1 unspecified atom stereocenters. The first-order valence-corrected chi connectivity index (χ1v) is 22.7. The highest BCUT2D eigenvalue weighted by Crippen LogP contribution is 2.56. The van der Waals surface area contributed by atoms with Gasteiger partial charge >= 0.3 is 13.6 Å². The van der Waals surface area contributed by atoms with E-state index in [-0.39, 0.29) is 19.4 Å². The Labute approximate surface area is 294 Å². The summed E-state index contributed by atoms with van der Waals surface area (Å²) in [4.78, 5) is 33.8. The summed E-state index contributed by atoms with van der Waals surface area (Å²) in [6, 6.07) is 0. The lowest BCUT2D eigenvalue weighted by Crippen LogP contribution is -2.40. The number of unbranched alkanes of at least 4 members (excludes halogenated alkanes) is 31. The lowest BCUT2D eigenvalue weighted by Gasteiger charge is -2.32. The fourth-order valence-corrected chi connectivity index (χ4v) is 8.31. The van der Waals surface area contributed by atoms with Crippen molar-refractivity contribution in [3.63, 3.8) is 0 Å². The van der Waals surface area contributed by atoms with Gasteiger partial charge in [-0.05, 0) is 19.8 Å². The number of carbonyl (C=O) groups excluding carboxylic acids is 1. The lowest BCUT2D eigenvalue weighted by atomic mass is 9.92. The van der Waals surface area contributed by atoms with E-state index < -0.39 is 18.7 Å². The highest BCUT2D eigenvalue weighted by atomic mass is 31.2. The second-order valence-corrected chi connectivity index (χ2v) is 16.7. The Bertz CT molecular complexity index is 708. The minimum atomic E-state index is -4.65. The van der Waals surface area contributed by atoms with E-state index in [0.29, 0.717) is 12.8 Å². The van der Waals surface area contributed by atoms with Crippen molar-refractivity contribution < 1.29 is 23.9 Å². The fraction of sp³-hybridized carbons (Fsp3) is 0.976. The Morgan fingerprint density at radius 2 is 0.638 bits per heavy atom. The smallest absolute Gasteiger partial charge is 0.342 e. The quantitative estimate of drug-likeness (QED) is 0.0384. The molecule has 0 amide bonds. The topological polar surface area (TPSA) is 83.8 Å². The van der Waals surface area contributed by atoms with Crippen LogP contribution in [0.25, 0.3) is 0 Å². The van der Waals surface area contributed by atoms with E-state index >= 15 is 0 Å². The molecule has 47 heavy (non-hydrogen) atoms. The van der Waals surface area contributed by atoms with E-state index in [1.807, 2.05) is 0 Å². The van der Waals surface area contributed by atoms with Crippen molar-refractivity contribution in [3.05, 3.63) is 0 Å². The van der Waals surface area contributed by atoms with Gasteiger partial charge in [-0.1, -0.05) is 226 Å². The maximum Gasteiger partial charge on any atom is 0.342 e. The van der Waals surface area contributed by atoms with Crippen molar-refractivity contribution >= 4 is 13.6 Å². The highest BCUT2D eigenvalue weighted by molar-refractivity contribution is 7.54. The Morgan fingerprint density at radius 3 is 0.830 bits per heavy atom. The molecule has 1 atom stereocenters. The van der Waals surface area contributed by atoms with E-state index in [9.17, 15) is 19.1 Å². The molecule has 0 aromatic heterocycles. The molecule has 0 spiro atoms. The first kappa shape index (κ1) is 46.6. The number of esters is 1. The molecule has 0 aliphatic rings. The largest absolute Gasteiger partial charge is 0.465 e. The van der Waals surface area contributed by atoms with Crippen LogP contribution in [0.5, 0.6) is 0 Å². The molecule has 0 fully saturated rings. The summed E-state index contributed by atoms with van der Waals surface area (Å²) in [5, 5.41) is -1.67. The van der Waals surface area contributed by atoms with Gasteiger partial charge in [-0.25, -0.2) is 0 Å². The summed E-state index contributed by atoms with van der Waals surface area (Å²) in [5.74, 6) is -0.689. The SMILES string of the molecule is CCCCCCCCCCCCCCCCCCCC(CCCCCCCCCCCCCCCCCC)(C(=O)OCC)P(=O)(O)O. The van der Waals surface area contributed by atoms with Gasteiger partial charge in [-0.15, -0.1) is 0 Å². The van der Waals surface area contributed by atoms with E-state index in [2.05, 4.69) is 13.8 Å². The molecular formula is C41H83O5P. The van der Waals surface area contributed by atoms with E-state index in [1.54, 1.807) is 6.92 Å². The van der Waals surface area contributed by atoms with Crippen LogP contribution in [-0.2, 0) is 14.1 Å². The third kappa shape index (κ3) is 27.1.